The molecule has 30 heavy (non-hydrogen) atoms. The SMILES string of the molecule is Cc1ccc(CNC(=O)[C@@H](C)[NH+]2CCN(S(=O)(=O)c3cc(C)ccc3C)CC2)cc1. The minimum Gasteiger partial charge on any atom is -0.347 e. The molecule has 0 spiro atoms. The minimum absolute atomic E-state index is 0.00332. The van der Waals surface area contributed by atoms with Crippen LogP contribution in [-0.4, -0.2) is 50.9 Å². The van der Waals surface area contributed by atoms with E-state index in [0.717, 1.165) is 21.6 Å². The highest BCUT2D eigenvalue weighted by Crippen LogP contribution is 2.21. The predicted octanol–water partition coefficient (Wildman–Crippen LogP) is 1.21. The zero-order valence-corrected chi connectivity index (χ0v) is 19.1. The number of carbonyl (C=O) groups is 1. The van der Waals surface area contributed by atoms with Crippen molar-refractivity contribution in [3.63, 3.8) is 0 Å². The van der Waals surface area contributed by atoms with E-state index in [2.05, 4.69) is 5.32 Å². The van der Waals surface area contributed by atoms with Gasteiger partial charge in [-0.25, -0.2) is 8.42 Å². The molecule has 6 nitrogen and oxygen atoms in total. The number of hydrogen-bond acceptors (Lipinski definition) is 3. The van der Waals surface area contributed by atoms with E-state index < -0.39 is 10.0 Å². The maximum absolute atomic E-state index is 13.1. The molecule has 1 heterocycles. The van der Waals surface area contributed by atoms with Gasteiger partial charge in [0, 0.05) is 6.54 Å². The van der Waals surface area contributed by atoms with Crippen molar-refractivity contribution in [3.8, 4) is 0 Å². The Morgan fingerprint density at radius 1 is 1.03 bits per heavy atom. The average Bonchev–Trinajstić information content (AvgIpc) is 2.74. The first-order chi connectivity index (χ1) is 14.2. The summed E-state index contributed by atoms with van der Waals surface area (Å²) in [6, 6.07) is 13.4. The molecular formula is C23H32N3O3S+. The molecule has 2 N–H and O–H groups in total. The van der Waals surface area contributed by atoms with Gasteiger partial charge in [0.05, 0.1) is 31.1 Å². The van der Waals surface area contributed by atoms with Crippen molar-refractivity contribution < 1.29 is 18.1 Å². The van der Waals surface area contributed by atoms with Gasteiger partial charge in [-0.2, -0.15) is 4.31 Å². The van der Waals surface area contributed by atoms with Gasteiger partial charge in [0.2, 0.25) is 10.0 Å². The number of piperazine rings is 1. The van der Waals surface area contributed by atoms with Gasteiger partial charge in [-0.3, -0.25) is 4.79 Å². The van der Waals surface area contributed by atoms with Crippen LogP contribution in [0.1, 0.15) is 29.2 Å². The number of nitrogens with one attached hydrogen (secondary N) is 2. The van der Waals surface area contributed by atoms with Crippen LogP contribution in [0.2, 0.25) is 0 Å². The molecule has 1 aliphatic rings. The van der Waals surface area contributed by atoms with Crippen LogP contribution < -0.4 is 10.2 Å². The Morgan fingerprint density at radius 2 is 1.63 bits per heavy atom. The molecule has 0 unspecified atom stereocenters. The number of sulfonamides is 1. The Morgan fingerprint density at radius 3 is 2.27 bits per heavy atom. The molecular weight excluding hydrogens is 398 g/mol. The van der Waals surface area contributed by atoms with Gasteiger partial charge in [0.15, 0.2) is 6.04 Å². The Labute approximate surface area is 179 Å². The fourth-order valence-electron chi connectivity index (χ4n) is 3.80. The average molecular weight is 431 g/mol. The van der Waals surface area contributed by atoms with Crippen molar-refractivity contribution >= 4 is 15.9 Å². The summed E-state index contributed by atoms with van der Waals surface area (Å²) in [4.78, 5) is 14.1. The number of aryl methyl sites for hydroxylation is 3. The van der Waals surface area contributed by atoms with Crippen LogP contribution in [0.25, 0.3) is 0 Å². The lowest BCUT2D eigenvalue weighted by Crippen LogP contribution is -3.19. The minimum atomic E-state index is -3.51. The van der Waals surface area contributed by atoms with Gasteiger partial charge in [-0.05, 0) is 50.5 Å². The first kappa shape index (κ1) is 22.5. The summed E-state index contributed by atoms with van der Waals surface area (Å²) < 4.78 is 27.7. The Hall–Kier alpha value is -2.22. The zero-order chi connectivity index (χ0) is 21.9. The number of rotatable bonds is 6. The van der Waals surface area contributed by atoms with Gasteiger partial charge in [-0.1, -0.05) is 42.0 Å². The predicted molar refractivity (Wildman–Crippen MR) is 118 cm³/mol. The highest BCUT2D eigenvalue weighted by Gasteiger charge is 2.34. The van der Waals surface area contributed by atoms with E-state index in [1.165, 1.54) is 5.56 Å². The van der Waals surface area contributed by atoms with Crippen LogP contribution >= 0.6 is 0 Å². The molecule has 0 aromatic heterocycles. The summed E-state index contributed by atoms with van der Waals surface area (Å²) in [5.41, 5.74) is 3.96. The summed E-state index contributed by atoms with van der Waals surface area (Å²) in [6.45, 7) is 10.2. The number of benzene rings is 2. The van der Waals surface area contributed by atoms with E-state index in [9.17, 15) is 13.2 Å². The molecule has 2 aromatic rings. The largest absolute Gasteiger partial charge is 0.347 e. The second kappa shape index (κ2) is 9.29. The van der Waals surface area contributed by atoms with Crippen molar-refractivity contribution in [3.05, 3.63) is 64.7 Å². The van der Waals surface area contributed by atoms with Crippen molar-refractivity contribution in [2.45, 2.75) is 45.2 Å². The van der Waals surface area contributed by atoms with E-state index in [1.807, 2.05) is 64.1 Å². The number of quaternary nitrogens is 1. The first-order valence-corrected chi connectivity index (χ1v) is 11.9. The van der Waals surface area contributed by atoms with Crippen molar-refractivity contribution in [2.75, 3.05) is 26.2 Å². The van der Waals surface area contributed by atoms with Gasteiger partial charge < -0.3 is 10.2 Å². The maximum Gasteiger partial charge on any atom is 0.278 e. The molecule has 1 saturated heterocycles. The molecule has 0 saturated carbocycles. The smallest absolute Gasteiger partial charge is 0.278 e. The van der Waals surface area contributed by atoms with Gasteiger partial charge in [0.1, 0.15) is 0 Å². The van der Waals surface area contributed by atoms with Gasteiger partial charge in [0.25, 0.3) is 5.91 Å². The molecule has 2 aromatic carbocycles. The molecule has 1 aliphatic heterocycles. The van der Waals surface area contributed by atoms with E-state index in [-0.39, 0.29) is 11.9 Å². The molecule has 3 rings (SSSR count). The highest BCUT2D eigenvalue weighted by atomic mass is 32.2. The van der Waals surface area contributed by atoms with E-state index in [0.29, 0.717) is 37.6 Å². The van der Waals surface area contributed by atoms with Crippen LogP contribution in [0.3, 0.4) is 0 Å². The summed E-state index contributed by atoms with van der Waals surface area (Å²) in [5, 5.41) is 3.00. The van der Waals surface area contributed by atoms with E-state index >= 15 is 0 Å². The van der Waals surface area contributed by atoms with E-state index in [4.69, 9.17) is 0 Å². The number of carbonyl (C=O) groups excluding carboxylic acids is 1. The topological polar surface area (TPSA) is 70.9 Å². The quantitative estimate of drug-likeness (QED) is 0.724. The second-order valence-electron chi connectivity index (χ2n) is 8.26. The third-order valence-electron chi connectivity index (χ3n) is 5.92. The number of nitrogens with zero attached hydrogens (tertiary/aromatic N) is 1. The molecule has 0 radical (unpaired) electrons. The molecule has 7 heteroatoms. The standard InChI is InChI=1S/C23H31N3O3S/c1-17-6-9-21(10-7-17)16-24-23(27)20(4)25-11-13-26(14-12-25)30(28,29)22-15-18(2)5-8-19(22)3/h5-10,15,20H,11-14,16H2,1-4H3,(H,24,27)/p+1/t20-/m1/s1. The van der Waals surface area contributed by atoms with Crippen molar-refractivity contribution in [1.82, 2.24) is 9.62 Å². The lowest BCUT2D eigenvalue weighted by molar-refractivity contribution is -0.917. The molecule has 1 atom stereocenters. The number of hydrogen-bond donors (Lipinski definition) is 2. The van der Waals surface area contributed by atoms with E-state index in [1.54, 1.807) is 10.4 Å². The first-order valence-electron chi connectivity index (χ1n) is 10.4. The fourth-order valence-corrected chi connectivity index (χ4v) is 5.56. The molecule has 162 valence electrons. The molecule has 0 aliphatic carbocycles. The van der Waals surface area contributed by atoms with Crippen LogP contribution in [0.15, 0.2) is 47.4 Å². The Bertz CT molecular complexity index is 995. The normalized spacial score (nSPS) is 16.9. The Balaban J connectivity index is 1.57. The molecule has 1 fully saturated rings. The maximum atomic E-state index is 13.1. The third-order valence-corrected chi connectivity index (χ3v) is 7.96. The van der Waals surface area contributed by atoms with Crippen LogP contribution in [0.5, 0.6) is 0 Å². The summed E-state index contributed by atoms with van der Waals surface area (Å²) >= 11 is 0. The van der Waals surface area contributed by atoms with Crippen molar-refractivity contribution in [2.24, 2.45) is 0 Å². The second-order valence-corrected chi connectivity index (χ2v) is 10.2. The number of amides is 1. The fraction of sp³-hybridized carbons (Fsp3) is 0.435. The molecule has 1 amide bonds. The zero-order valence-electron chi connectivity index (χ0n) is 18.2. The third kappa shape index (κ3) is 5.09. The lowest BCUT2D eigenvalue weighted by Gasteiger charge is -2.34. The van der Waals surface area contributed by atoms with Gasteiger partial charge in [-0.15, -0.1) is 0 Å². The van der Waals surface area contributed by atoms with Crippen molar-refractivity contribution in [1.29, 1.82) is 0 Å². The monoisotopic (exact) mass is 430 g/mol. The summed E-state index contributed by atoms with van der Waals surface area (Å²) in [7, 11) is -3.51. The highest BCUT2D eigenvalue weighted by molar-refractivity contribution is 7.89. The van der Waals surface area contributed by atoms with Crippen LogP contribution in [0, 0.1) is 20.8 Å². The van der Waals surface area contributed by atoms with Gasteiger partial charge >= 0.3 is 0 Å². The Kier molecular flexibility index (Phi) is 6.95. The van der Waals surface area contributed by atoms with Crippen LogP contribution in [-0.2, 0) is 21.4 Å². The van der Waals surface area contributed by atoms with Crippen LogP contribution in [0.4, 0.5) is 0 Å². The molecule has 0 bridgehead atoms. The summed E-state index contributed by atoms with van der Waals surface area (Å²) in [6.07, 6.45) is 0. The lowest BCUT2D eigenvalue weighted by atomic mass is 10.1. The summed E-state index contributed by atoms with van der Waals surface area (Å²) in [5.74, 6) is -0.00332.